The number of unbranched alkanes of at least 4 members (excludes halogenated alkanes) is 13. The summed E-state index contributed by atoms with van der Waals surface area (Å²) in [7, 11) is 0. The summed E-state index contributed by atoms with van der Waals surface area (Å²) >= 11 is 0. The highest BCUT2D eigenvalue weighted by Gasteiger charge is 2.46. The lowest BCUT2D eigenvalue weighted by Gasteiger charge is -2.17. The van der Waals surface area contributed by atoms with Crippen molar-refractivity contribution in [3.8, 4) is 0 Å². The van der Waals surface area contributed by atoms with Crippen molar-refractivity contribution in [3.05, 3.63) is 0 Å². The van der Waals surface area contributed by atoms with Gasteiger partial charge in [-0.1, -0.05) is 90.4 Å². The summed E-state index contributed by atoms with van der Waals surface area (Å²) in [5, 5.41) is 0. The number of esters is 1. The third kappa shape index (κ3) is 9.39. The molecule has 0 amide bonds. The Hall–Kier alpha value is -0.570. The number of carbonyl (C=O) groups excluding carboxylic acids is 1. The predicted molar refractivity (Wildman–Crippen MR) is 107 cm³/mol. The molecule has 3 unspecified atom stereocenters. The summed E-state index contributed by atoms with van der Waals surface area (Å²) in [6.45, 7) is 2.89. The van der Waals surface area contributed by atoms with Crippen molar-refractivity contribution >= 4 is 5.97 Å². The molecule has 152 valence electrons. The highest BCUT2D eigenvalue weighted by atomic mass is 16.6. The number of rotatable bonds is 16. The van der Waals surface area contributed by atoms with Gasteiger partial charge in [-0.25, -0.2) is 0 Å². The van der Waals surface area contributed by atoms with Gasteiger partial charge in [0.1, 0.15) is 0 Å². The first kappa shape index (κ1) is 21.7. The lowest BCUT2D eigenvalue weighted by molar-refractivity contribution is -0.149. The van der Waals surface area contributed by atoms with Gasteiger partial charge in [0.25, 0.3) is 0 Å². The first-order chi connectivity index (χ1) is 12.8. The molecule has 3 atom stereocenters. The molecular weight excluding hydrogens is 324 g/mol. The average Bonchev–Trinajstić information content (AvgIpc) is 3.43. The minimum atomic E-state index is 0.0219. The van der Waals surface area contributed by atoms with Gasteiger partial charge in [-0.05, 0) is 25.7 Å². The van der Waals surface area contributed by atoms with E-state index in [4.69, 9.17) is 9.47 Å². The maximum absolute atomic E-state index is 12.0. The number of hydrogen-bond acceptors (Lipinski definition) is 3. The molecule has 26 heavy (non-hydrogen) atoms. The van der Waals surface area contributed by atoms with Gasteiger partial charge >= 0.3 is 5.97 Å². The maximum Gasteiger partial charge on any atom is 0.309 e. The van der Waals surface area contributed by atoms with Crippen molar-refractivity contribution < 1.29 is 14.3 Å². The summed E-state index contributed by atoms with van der Waals surface area (Å²) in [4.78, 5) is 12.0. The molecule has 3 nitrogen and oxygen atoms in total. The summed E-state index contributed by atoms with van der Waals surface area (Å²) in [5.41, 5.74) is 0. The van der Waals surface area contributed by atoms with Gasteiger partial charge in [-0.3, -0.25) is 4.79 Å². The van der Waals surface area contributed by atoms with Gasteiger partial charge in [0, 0.05) is 0 Å². The molecule has 0 aromatic rings. The third-order valence-corrected chi connectivity index (χ3v) is 6.08. The Kier molecular flexibility index (Phi) is 11.3. The maximum atomic E-state index is 12.0. The van der Waals surface area contributed by atoms with E-state index in [2.05, 4.69) is 6.92 Å². The largest absolute Gasteiger partial charge is 0.465 e. The topological polar surface area (TPSA) is 38.8 Å². The van der Waals surface area contributed by atoms with Gasteiger partial charge < -0.3 is 9.47 Å². The van der Waals surface area contributed by atoms with Crippen LogP contribution in [-0.4, -0.2) is 24.8 Å². The molecule has 0 aromatic carbocycles. The Morgan fingerprint density at radius 3 is 1.85 bits per heavy atom. The van der Waals surface area contributed by atoms with Crippen molar-refractivity contribution in [3.63, 3.8) is 0 Å². The summed E-state index contributed by atoms with van der Waals surface area (Å²) < 4.78 is 10.9. The van der Waals surface area contributed by atoms with Crippen LogP contribution in [0.2, 0.25) is 0 Å². The Morgan fingerprint density at radius 1 is 0.769 bits per heavy atom. The molecule has 1 aliphatic carbocycles. The number of epoxide rings is 1. The summed E-state index contributed by atoms with van der Waals surface area (Å²) in [6.07, 6.45) is 22.7. The Bertz CT molecular complexity index is 368. The Morgan fingerprint density at radius 2 is 1.31 bits per heavy atom. The van der Waals surface area contributed by atoms with E-state index in [-0.39, 0.29) is 11.9 Å². The molecule has 2 rings (SSSR count). The van der Waals surface area contributed by atoms with Crippen LogP contribution in [-0.2, 0) is 14.3 Å². The first-order valence-electron chi connectivity index (χ1n) is 11.6. The van der Waals surface area contributed by atoms with E-state index in [1.54, 1.807) is 0 Å². The normalized spacial score (nSPS) is 24.3. The first-order valence-corrected chi connectivity index (χ1v) is 11.6. The summed E-state index contributed by atoms with van der Waals surface area (Å²) in [5.74, 6) is 0.124. The third-order valence-electron chi connectivity index (χ3n) is 6.08. The fourth-order valence-corrected chi connectivity index (χ4v) is 4.21. The average molecular weight is 367 g/mol. The molecule has 1 heterocycles. The van der Waals surface area contributed by atoms with Gasteiger partial charge in [0.2, 0.25) is 0 Å². The molecule has 1 aliphatic heterocycles. The quantitative estimate of drug-likeness (QED) is 0.176. The van der Waals surface area contributed by atoms with E-state index in [0.29, 0.717) is 18.8 Å². The second-order valence-corrected chi connectivity index (χ2v) is 8.49. The van der Waals surface area contributed by atoms with Crippen molar-refractivity contribution in [1.29, 1.82) is 0 Å². The van der Waals surface area contributed by atoms with Crippen molar-refractivity contribution in [1.82, 2.24) is 0 Å². The number of fused-ring (bicyclic) bond motifs is 1. The minimum absolute atomic E-state index is 0.0219. The van der Waals surface area contributed by atoms with Crippen molar-refractivity contribution in [2.24, 2.45) is 5.92 Å². The zero-order chi connectivity index (χ0) is 18.5. The fraction of sp³-hybridized carbons (Fsp3) is 0.957. The molecular formula is C23H42O3. The lowest BCUT2D eigenvalue weighted by Crippen LogP contribution is -2.24. The van der Waals surface area contributed by atoms with Crippen LogP contribution in [0.15, 0.2) is 0 Å². The van der Waals surface area contributed by atoms with Crippen LogP contribution in [0, 0.1) is 5.92 Å². The van der Waals surface area contributed by atoms with Crippen LogP contribution < -0.4 is 0 Å². The lowest BCUT2D eigenvalue weighted by atomic mass is 9.89. The highest BCUT2D eigenvalue weighted by molar-refractivity contribution is 5.72. The molecule has 0 bridgehead atoms. The number of hydrogen-bond donors (Lipinski definition) is 0. The van der Waals surface area contributed by atoms with E-state index in [0.717, 1.165) is 25.7 Å². The SMILES string of the molecule is CCCCCCCCCCCCCCCCOC(=O)C1CCC2OC2C1. The van der Waals surface area contributed by atoms with E-state index in [1.807, 2.05) is 0 Å². The van der Waals surface area contributed by atoms with E-state index in [9.17, 15) is 4.79 Å². The van der Waals surface area contributed by atoms with Gasteiger partial charge in [-0.2, -0.15) is 0 Å². The van der Waals surface area contributed by atoms with E-state index < -0.39 is 0 Å². The highest BCUT2D eigenvalue weighted by Crippen LogP contribution is 2.39. The fourth-order valence-electron chi connectivity index (χ4n) is 4.21. The van der Waals surface area contributed by atoms with E-state index in [1.165, 1.54) is 83.5 Å². The van der Waals surface area contributed by atoms with Crippen LogP contribution in [0.3, 0.4) is 0 Å². The number of carbonyl (C=O) groups is 1. The molecule has 0 aromatic heterocycles. The van der Waals surface area contributed by atoms with Crippen LogP contribution >= 0.6 is 0 Å². The minimum Gasteiger partial charge on any atom is -0.465 e. The molecule has 0 N–H and O–H groups in total. The Labute approximate surface area is 161 Å². The zero-order valence-electron chi connectivity index (χ0n) is 17.2. The van der Waals surface area contributed by atoms with Crippen molar-refractivity contribution in [2.45, 2.75) is 128 Å². The molecule has 0 spiro atoms. The molecule has 2 aliphatic rings. The summed E-state index contributed by atoms with van der Waals surface area (Å²) in [6, 6.07) is 0. The van der Waals surface area contributed by atoms with Crippen LogP contribution in [0.1, 0.15) is 116 Å². The predicted octanol–water partition coefficient (Wildman–Crippen LogP) is 6.58. The van der Waals surface area contributed by atoms with Crippen molar-refractivity contribution in [2.75, 3.05) is 6.61 Å². The van der Waals surface area contributed by atoms with E-state index >= 15 is 0 Å². The second-order valence-electron chi connectivity index (χ2n) is 8.49. The molecule has 3 heteroatoms. The van der Waals surface area contributed by atoms with Gasteiger partial charge in [0.15, 0.2) is 0 Å². The van der Waals surface area contributed by atoms with Crippen LogP contribution in [0.4, 0.5) is 0 Å². The standard InChI is InChI=1S/C23H42O3/c1-2-3-4-5-6-7-8-9-10-11-12-13-14-15-18-25-23(24)20-16-17-21-22(19-20)26-21/h20-22H,2-19H2,1H3. The van der Waals surface area contributed by atoms with Gasteiger partial charge in [-0.15, -0.1) is 0 Å². The van der Waals surface area contributed by atoms with Crippen LogP contribution in [0.25, 0.3) is 0 Å². The van der Waals surface area contributed by atoms with Crippen LogP contribution in [0.5, 0.6) is 0 Å². The zero-order valence-corrected chi connectivity index (χ0v) is 17.2. The van der Waals surface area contributed by atoms with Gasteiger partial charge in [0.05, 0.1) is 24.7 Å². The number of ether oxygens (including phenoxy) is 2. The smallest absolute Gasteiger partial charge is 0.309 e. The second kappa shape index (κ2) is 13.6. The molecule has 1 saturated carbocycles. The molecule has 2 fully saturated rings. The molecule has 0 radical (unpaired) electrons. The molecule has 1 saturated heterocycles. The Balaban J connectivity index is 1.27. The monoisotopic (exact) mass is 366 g/mol.